The highest BCUT2D eigenvalue weighted by Gasteiger charge is 2.24. The molecule has 1 aliphatic carbocycles. The minimum absolute atomic E-state index is 0.107. The van der Waals surface area contributed by atoms with Gasteiger partial charge in [-0.15, -0.1) is 32.9 Å². The van der Waals surface area contributed by atoms with Crippen molar-refractivity contribution in [3.05, 3.63) is 44.9 Å². The van der Waals surface area contributed by atoms with E-state index in [2.05, 4.69) is 15.2 Å². The number of hydrogen-bond donors (Lipinski definition) is 2. The Kier molecular flexibility index (Phi) is 5.38. The third-order valence-corrected chi connectivity index (χ3v) is 8.42. The molecule has 0 radical (unpaired) electrons. The van der Waals surface area contributed by atoms with Crippen molar-refractivity contribution in [2.24, 2.45) is 0 Å². The first-order valence-corrected chi connectivity index (χ1v) is 12.7. The highest BCUT2D eigenvalue weighted by molar-refractivity contribution is 7.99. The number of aromatic nitrogens is 5. The van der Waals surface area contributed by atoms with Crippen LogP contribution in [0.3, 0.4) is 0 Å². The van der Waals surface area contributed by atoms with E-state index in [1.807, 2.05) is 29.8 Å². The molecule has 0 spiro atoms. The van der Waals surface area contributed by atoms with Gasteiger partial charge in [-0.25, -0.2) is 9.66 Å². The quantitative estimate of drug-likeness (QED) is 0.325. The Morgan fingerprint density at radius 1 is 1.27 bits per heavy atom. The van der Waals surface area contributed by atoms with Gasteiger partial charge in [0.05, 0.1) is 10.6 Å². The summed E-state index contributed by atoms with van der Waals surface area (Å²) in [6.07, 6.45) is 5.95. The fourth-order valence-electron chi connectivity index (χ4n) is 3.99. The second kappa shape index (κ2) is 8.16. The molecule has 1 saturated carbocycles. The Balaban J connectivity index is 1.41. The van der Waals surface area contributed by atoms with Crippen molar-refractivity contribution in [2.45, 2.75) is 55.4 Å². The van der Waals surface area contributed by atoms with Gasteiger partial charge in [-0.1, -0.05) is 37.1 Å². The van der Waals surface area contributed by atoms with Crippen molar-refractivity contribution in [3.63, 3.8) is 0 Å². The highest BCUT2D eigenvalue weighted by atomic mass is 32.2. The van der Waals surface area contributed by atoms with Gasteiger partial charge < -0.3 is 10.8 Å². The van der Waals surface area contributed by atoms with Crippen molar-refractivity contribution in [3.8, 4) is 10.4 Å². The van der Waals surface area contributed by atoms with Crippen LogP contribution in [0, 0.1) is 0 Å². The summed E-state index contributed by atoms with van der Waals surface area (Å²) < 4.78 is 1.62. The molecule has 1 unspecified atom stereocenters. The molecule has 0 aromatic carbocycles. The van der Waals surface area contributed by atoms with Crippen molar-refractivity contribution in [1.82, 2.24) is 24.8 Å². The van der Waals surface area contributed by atoms with Crippen LogP contribution >= 0.6 is 34.4 Å². The molecule has 5 rings (SSSR count). The minimum atomic E-state index is -0.111. The molecule has 4 heterocycles. The van der Waals surface area contributed by atoms with Crippen molar-refractivity contribution in [2.75, 3.05) is 5.84 Å². The van der Waals surface area contributed by atoms with Crippen LogP contribution in [0.5, 0.6) is 0 Å². The molecule has 4 aromatic heterocycles. The number of rotatable bonds is 5. The summed E-state index contributed by atoms with van der Waals surface area (Å²) in [6.45, 7) is 2.00. The topological polar surface area (TPSA) is 102 Å². The van der Waals surface area contributed by atoms with Gasteiger partial charge in [0, 0.05) is 21.7 Å². The zero-order valence-electron chi connectivity index (χ0n) is 16.5. The van der Waals surface area contributed by atoms with E-state index in [1.165, 1.54) is 42.4 Å². The number of thioether (sulfide) groups is 1. The minimum Gasteiger partial charge on any atom is -0.336 e. The lowest BCUT2D eigenvalue weighted by Gasteiger charge is -2.20. The van der Waals surface area contributed by atoms with E-state index in [1.54, 1.807) is 16.0 Å². The summed E-state index contributed by atoms with van der Waals surface area (Å²) in [7, 11) is 0. The number of thiophene rings is 2. The molecule has 30 heavy (non-hydrogen) atoms. The number of H-pyrrole nitrogens is 1. The average Bonchev–Trinajstić information content (AvgIpc) is 3.49. The first kappa shape index (κ1) is 19.8. The standard InChI is InChI=1S/C20H22N6OS3/c1-11(30-20-25-24-17(26(20)21)12-6-3-2-4-7-12)16-22-18(27)15-13(10-29-19(15)23-16)14-8-5-9-28-14/h5,8-12H,2-4,6-7,21H2,1H3,(H,22,23,27). The molecule has 3 N–H and O–H groups in total. The summed E-state index contributed by atoms with van der Waals surface area (Å²) in [4.78, 5) is 22.4. The SMILES string of the molecule is CC(Sc1nnc(C2CCCCC2)n1N)c1nc2scc(-c3cccs3)c2c(=O)[nH]1. The van der Waals surface area contributed by atoms with Crippen LogP contribution in [0.1, 0.15) is 61.8 Å². The molecule has 0 saturated heterocycles. The van der Waals surface area contributed by atoms with E-state index in [0.29, 0.717) is 22.3 Å². The summed E-state index contributed by atoms with van der Waals surface area (Å²) in [5.41, 5.74) is 0.841. The van der Waals surface area contributed by atoms with Gasteiger partial charge >= 0.3 is 0 Å². The summed E-state index contributed by atoms with van der Waals surface area (Å²) in [5, 5.41) is 13.9. The zero-order chi connectivity index (χ0) is 20.7. The summed E-state index contributed by atoms with van der Waals surface area (Å²) in [6, 6.07) is 4.01. The molecule has 10 heteroatoms. The fraction of sp³-hybridized carbons (Fsp3) is 0.400. The van der Waals surface area contributed by atoms with Gasteiger partial charge in [0.2, 0.25) is 5.16 Å². The molecular formula is C20H22N6OS3. The van der Waals surface area contributed by atoms with E-state index in [9.17, 15) is 4.79 Å². The first-order valence-electron chi connectivity index (χ1n) is 10.0. The zero-order valence-corrected chi connectivity index (χ0v) is 18.9. The number of nitrogen functional groups attached to an aromatic ring is 1. The molecule has 4 aromatic rings. The highest BCUT2D eigenvalue weighted by Crippen LogP contribution is 2.37. The second-order valence-electron chi connectivity index (χ2n) is 7.56. The van der Waals surface area contributed by atoms with Crippen LogP contribution in [0.25, 0.3) is 20.7 Å². The molecule has 156 valence electrons. The van der Waals surface area contributed by atoms with Crippen LogP contribution in [0.4, 0.5) is 0 Å². The largest absolute Gasteiger partial charge is 0.336 e. The summed E-state index contributed by atoms with van der Waals surface area (Å²) >= 11 is 4.59. The summed E-state index contributed by atoms with van der Waals surface area (Å²) in [5.74, 6) is 8.19. The Hall–Kier alpha value is -2.17. The van der Waals surface area contributed by atoms with Crippen LogP contribution in [-0.4, -0.2) is 24.8 Å². The number of aromatic amines is 1. The van der Waals surface area contributed by atoms with Crippen LogP contribution < -0.4 is 11.4 Å². The molecule has 1 atom stereocenters. The average molecular weight is 459 g/mol. The molecular weight excluding hydrogens is 436 g/mol. The molecule has 1 aliphatic rings. The van der Waals surface area contributed by atoms with Crippen LogP contribution in [0.15, 0.2) is 32.8 Å². The molecule has 1 fully saturated rings. The Labute approximate surface area is 185 Å². The van der Waals surface area contributed by atoms with Gasteiger partial charge in [-0.2, -0.15) is 0 Å². The number of hydrogen-bond acceptors (Lipinski definition) is 8. The number of nitrogens with one attached hydrogen (secondary N) is 1. The van der Waals surface area contributed by atoms with Gasteiger partial charge in [0.25, 0.3) is 5.56 Å². The smallest absolute Gasteiger partial charge is 0.260 e. The van der Waals surface area contributed by atoms with Crippen LogP contribution in [0.2, 0.25) is 0 Å². The maximum atomic E-state index is 12.9. The first-order chi connectivity index (χ1) is 14.6. The van der Waals surface area contributed by atoms with Gasteiger partial charge in [0.15, 0.2) is 5.82 Å². The number of fused-ring (bicyclic) bond motifs is 1. The third-order valence-electron chi connectivity index (χ3n) is 5.58. The Bertz CT molecular complexity index is 1220. The van der Waals surface area contributed by atoms with E-state index in [0.717, 1.165) is 33.9 Å². The van der Waals surface area contributed by atoms with Gasteiger partial charge in [-0.3, -0.25) is 4.79 Å². The van der Waals surface area contributed by atoms with E-state index >= 15 is 0 Å². The Morgan fingerprint density at radius 3 is 2.87 bits per heavy atom. The maximum absolute atomic E-state index is 12.9. The lowest BCUT2D eigenvalue weighted by molar-refractivity contribution is 0.421. The number of nitrogens with two attached hydrogens (primary N) is 1. The fourth-order valence-corrected chi connectivity index (χ4v) is 6.60. The predicted octanol–water partition coefficient (Wildman–Crippen LogP) is 4.92. The Morgan fingerprint density at radius 2 is 2.10 bits per heavy atom. The van der Waals surface area contributed by atoms with Gasteiger partial charge in [-0.05, 0) is 31.2 Å². The molecule has 7 nitrogen and oxygen atoms in total. The lowest BCUT2D eigenvalue weighted by Crippen LogP contribution is -2.19. The van der Waals surface area contributed by atoms with Crippen LogP contribution in [-0.2, 0) is 0 Å². The van der Waals surface area contributed by atoms with E-state index in [-0.39, 0.29) is 10.8 Å². The van der Waals surface area contributed by atoms with Crippen molar-refractivity contribution < 1.29 is 0 Å². The molecule has 0 aliphatic heterocycles. The second-order valence-corrected chi connectivity index (χ2v) is 10.7. The molecule has 0 bridgehead atoms. The molecule has 0 amide bonds. The monoisotopic (exact) mass is 458 g/mol. The van der Waals surface area contributed by atoms with E-state index < -0.39 is 0 Å². The maximum Gasteiger partial charge on any atom is 0.260 e. The third kappa shape index (κ3) is 3.57. The number of nitrogens with zero attached hydrogens (tertiary/aromatic N) is 4. The predicted molar refractivity (Wildman–Crippen MR) is 124 cm³/mol. The van der Waals surface area contributed by atoms with Crippen molar-refractivity contribution in [1.29, 1.82) is 0 Å². The van der Waals surface area contributed by atoms with Gasteiger partial charge in [0.1, 0.15) is 10.7 Å². The lowest BCUT2D eigenvalue weighted by atomic mass is 9.89. The van der Waals surface area contributed by atoms with Crippen molar-refractivity contribution >= 4 is 44.7 Å². The van der Waals surface area contributed by atoms with E-state index in [4.69, 9.17) is 10.8 Å². The normalized spacial score (nSPS) is 16.3.